The fraction of sp³-hybridized carbons (Fsp3) is 0.229. The van der Waals surface area contributed by atoms with Crippen molar-refractivity contribution in [2.24, 2.45) is 0 Å². The van der Waals surface area contributed by atoms with Crippen LogP contribution < -0.4 is 10.6 Å². The second kappa shape index (κ2) is 13.2. The fourth-order valence-electron chi connectivity index (χ4n) is 6.27. The molecule has 4 aromatic carbocycles. The first-order valence-corrected chi connectivity index (χ1v) is 17.6. The van der Waals surface area contributed by atoms with Crippen molar-refractivity contribution < 1.29 is 9.67 Å². The van der Waals surface area contributed by atoms with Gasteiger partial charge in [-0.05, 0) is 63.2 Å². The Balaban J connectivity index is 1.59. The highest BCUT2D eigenvalue weighted by Crippen LogP contribution is 2.55. The lowest BCUT2D eigenvalue weighted by molar-refractivity contribution is 0.0744. The Bertz CT molecular complexity index is 1750. The minimum Gasteiger partial charge on any atom is -0.385 e. The molecule has 0 aliphatic carbocycles. The Morgan fingerprint density at radius 2 is 1.34 bits per heavy atom. The molecule has 0 spiro atoms. The molecule has 226 valence electrons. The number of hydrogen-bond acceptors (Lipinski definition) is 4. The van der Waals surface area contributed by atoms with E-state index in [2.05, 4.69) is 4.90 Å². The maximum absolute atomic E-state index is 15.8. The van der Waals surface area contributed by atoms with Crippen LogP contribution >= 0.6 is 41.9 Å². The van der Waals surface area contributed by atoms with Crippen molar-refractivity contribution in [3.05, 3.63) is 129 Å². The normalized spacial score (nSPS) is 15.7. The topological polar surface area (TPSA) is 58.4 Å². The van der Waals surface area contributed by atoms with E-state index in [0.29, 0.717) is 37.1 Å². The van der Waals surface area contributed by atoms with Crippen molar-refractivity contribution in [2.45, 2.75) is 38.1 Å². The zero-order valence-electron chi connectivity index (χ0n) is 24.3. The molecule has 2 atom stereocenters. The van der Waals surface area contributed by atoms with E-state index in [1.54, 1.807) is 16.8 Å². The first kappa shape index (κ1) is 31.1. The molecule has 0 bridgehead atoms. The van der Waals surface area contributed by atoms with Gasteiger partial charge in [-0.1, -0.05) is 114 Å². The molecule has 1 aliphatic rings. The van der Waals surface area contributed by atoms with Gasteiger partial charge in [0.05, 0.1) is 22.1 Å². The van der Waals surface area contributed by atoms with E-state index >= 15 is 4.57 Å². The molecule has 9 heteroatoms. The van der Waals surface area contributed by atoms with Gasteiger partial charge in [0, 0.05) is 31.8 Å². The summed E-state index contributed by atoms with van der Waals surface area (Å²) in [5.41, 5.74) is 3.44. The van der Waals surface area contributed by atoms with E-state index in [-0.39, 0.29) is 0 Å². The van der Waals surface area contributed by atoms with Crippen molar-refractivity contribution in [2.75, 3.05) is 13.1 Å². The van der Waals surface area contributed by atoms with Crippen molar-refractivity contribution in [3.63, 3.8) is 0 Å². The van der Waals surface area contributed by atoms with Crippen LogP contribution in [-0.2, 0) is 4.57 Å². The Kier molecular flexibility index (Phi) is 9.35. The summed E-state index contributed by atoms with van der Waals surface area (Å²) < 4.78 is 17.6. The molecular formula is C35H33Cl3N3O2P. The number of likely N-dealkylation sites (tertiary alicyclic amines) is 1. The predicted octanol–water partition coefficient (Wildman–Crippen LogP) is 8.67. The molecule has 2 heterocycles. The van der Waals surface area contributed by atoms with Crippen LogP contribution in [0.2, 0.25) is 15.1 Å². The maximum Gasteiger partial charge on any atom is 0.162 e. The lowest BCUT2D eigenvalue weighted by atomic mass is 10.0. The van der Waals surface area contributed by atoms with Gasteiger partial charge in [-0.3, -0.25) is 4.90 Å². The molecule has 0 radical (unpaired) electrons. The number of hydrogen-bond donors (Lipinski definition) is 1. The molecule has 0 saturated carbocycles. The molecular weight excluding hydrogens is 632 g/mol. The maximum atomic E-state index is 15.8. The Morgan fingerprint density at radius 1 is 0.773 bits per heavy atom. The molecule has 1 saturated heterocycles. The lowest BCUT2D eigenvalue weighted by Gasteiger charge is -2.41. The summed E-state index contributed by atoms with van der Waals surface area (Å²) in [7, 11) is -3.45. The summed E-state index contributed by atoms with van der Waals surface area (Å²) in [5, 5.41) is 20.6. The van der Waals surface area contributed by atoms with Gasteiger partial charge < -0.3 is 9.67 Å². The van der Waals surface area contributed by atoms with Crippen molar-refractivity contribution in [1.82, 2.24) is 14.7 Å². The first-order chi connectivity index (χ1) is 21.3. The predicted molar refractivity (Wildman–Crippen MR) is 183 cm³/mol. The average molecular weight is 665 g/mol. The van der Waals surface area contributed by atoms with Gasteiger partial charge in [-0.15, -0.1) is 0 Å². The highest BCUT2D eigenvalue weighted by molar-refractivity contribution is 7.79. The highest BCUT2D eigenvalue weighted by Gasteiger charge is 2.47. The number of nitrogens with zero attached hydrogens (tertiary/aromatic N) is 3. The second-order valence-electron chi connectivity index (χ2n) is 11.2. The zero-order chi connectivity index (χ0) is 30.8. The Labute approximate surface area is 273 Å². The molecule has 6 rings (SSSR count). The van der Waals surface area contributed by atoms with Gasteiger partial charge in [0.1, 0.15) is 11.9 Å². The van der Waals surface area contributed by atoms with Crippen LogP contribution in [0.1, 0.15) is 36.6 Å². The number of benzene rings is 4. The summed E-state index contributed by atoms with van der Waals surface area (Å²) in [4.78, 5) is 2.21. The molecule has 1 fully saturated rings. The molecule has 0 amide bonds. The highest BCUT2D eigenvalue weighted by atomic mass is 35.5. The van der Waals surface area contributed by atoms with Crippen LogP contribution in [0, 0.1) is 6.92 Å². The van der Waals surface area contributed by atoms with Crippen LogP contribution in [0.3, 0.4) is 0 Å². The lowest BCUT2D eigenvalue weighted by Crippen LogP contribution is -2.46. The van der Waals surface area contributed by atoms with Gasteiger partial charge in [-0.2, -0.15) is 5.10 Å². The minimum absolute atomic E-state index is 0.420. The van der Waals surface area contributed by atoms with Gasteiger partial charge in [0.2, 0.25) is 0 Å². The molecule has 5 aromatic rings. The summed E-state index contributed by atoms with van der Waals surface area (Å²) in [6.45, 7) is 3.41. The molecule has 1 aromatic heterocycles. The van der Waals surface area contributed by atoms with Crippen LogP contribution in [0.5, 0.6) is 0 Å². The zero-order valence-corrected chi connectivity index (χ0v) is 27.4. The number of aliphatic hydroxyl groups is 1. The van der Waals surface area contributed by atoms with Crippen molar-refractivity contribution in [1.29, 1.82) is 0 Å². The third-order valence-electron chi connectivity index (χ3n) is 8.39. The smallest absolute Gasteiger partial charge is 0.162 e. The van der Waals surface area contributed by atoms with E-state index in [4.69, 9.17) is 39.9 Å². The van der Waals surface area contributed by atoms with Crippen LogP contribution in [0.25, 0.3) is 16.9 Å². The van der Waals surface area contributed by atoms with E-state index in [1.165, 1.54) is 0 Å². The van der Waals surface area contributed by atoms with Gasteiger partial charge in [0.25, 0.3) is 0 Å². The van der Waals surface area contributed by atoms with Crippen LogP contribution in [0.4, 0.5) is 0 Å². The number of piperidine rings is 1. The van der Waals surface area contributed by atoms with E-state index in [1.807, 2.05) is 97.9 Å². The minimum atomic E-state index is -3.45. The molecule has 0 unspecified atom stereocenters. The van der Waals surface area contributed by atoms with E-state index in [9.17, 15) is 5.11 Å². The van der Waals surface area contributed by atoms with E-state index in [0.717, 1.165) is 49.2 Å². The molecule has 5 nitrogen and oxygen atoms in total. The third kappa shape index (κ3) is 5.90. The standard InChI is InChI=1S/C35H33Cl3N3O2P/c1-24-32(39-41(31-20-19-27(37)23-30(31)38)33(24)25-15-17-26(36)18-16-25)34(42)35(40-21-9-4-10-22-40)44(43,28-11-5-2-6-12-28)29-13-7-3-8-14-29/h2-3,5-8,11-20,23,34-35,42H,4,9-10,21-22H2,1H3/t34-,35-/m1/s1. The van der Waals surface area contributed by atoms with Gasteiger partial charge in [0.15, 0.2) is 7.14 Å². The Morgan fingerprint density at radius 3 is 1.91 bits per heavy atom. The number of rotatable bonds is 8. The average Bonchev–Trinajstić information content (AvgIpc) is 3.39. The monoisotopic (exact) mass is 663 g/mol. The van der Waals surface area contributed by atoms with Crippen LogP contribution in [-0.4, -0.2) is 38.7 Å². The number of halogens is 3. The fourth-order valence-corrected chi connectivity index (χ4v) is 10.3. The first-order valence-electron chi connectivity index (χ1n) is 14.7. The summed E-state index contributed by atoms with van der Waals surface area (Å²) in [6, 6.07) is 31.9. The largest absolute Gasteiger partial charge is 0.385 e. The number of aromatic nitrogens is 2. The Hall–Kier alpha value is -2.89. The van der Waals surface area contributed by atoms with Gasteiger partial charge >= 0.3 is 0 Å². The molecule has 44 heavy (non-hydrogen) atoms. The number of aliphatic hydroxyl groups excluding tert-OH is 1. The van der Waals surface area contributed by atoms with E-state index < -0.39 is 19.0 Å². The summed E-state index contributed by atoms with van der Waals surface area (Å²) >= 11 is 19.2. The third-order valence-corrected chi connectivity index (χ3v) is 12.7. The van der Waals surface area contributed by atoms with Crippen molar-refractivity contribution >= 4 is 52.6 Å². The molecule has 1 N–H and O–H groups in total. The summed E-state index contributed by atoms with van der Waals surface area (Å²) in [6.07, 6.45) is 1.86. The van der Waals surface area contributed by atoms with Crippen molar-refractivity contribution in [3.8, 4) is 16.9 Å². The second-order valence-corrected chi connectivity index (χ2v) is 15.3. The molecule has 1 aliphatic heterocycles. The SMILES string of the molecule is Cc1c([C@@H](O)[C@H](N2CCCCC2)P(=O)(c2ccccc2)c2ccccc2)nn(-c2ccc(Cl)cc2Cl)c1-c1ccc(Cl)cc1. The quantitative estimate of drug-likeness (QED) is 0.169. The van der Waals surface area contributed by atoms with Crippen LogP contribution in [0.15, 0.2) is 103 Å². The van der Waals surface area contributed by atoms with Gasteiger partial charge in [-0.25, -0.2) is 4.68 Å². The summed E-state index contributed by atoms with van der Waals surface area (Å²) in [5.74, 6) is -0.742.